The van der Waals surface area contributed by atoms with E-state index in [9.17, 15) is 4.79 Å². The molecule has 1 aromatic carbocycles. The van der Waals surface area contributed by atoms with Crippen LogP contribution >= 0.6 is 0 Å². The molecule has 0 radical (unpaired) electrons. The molecule has 0 unspecified atom stereocenters. The number of likely N-dealkylation sites (tertiary alicyclic amines) is 1. The van der Waals surface area contributed by atoms with Crippen molar-refractivity contribution in [2.24, 2.45) is 0 Å². The molecule has 1 aliphatic heterocycles. The number of hydrogen-bond donors (Lipinski definition) is 1. The van der Waals surface area contributed by atoms with Crippen LogP contribution in [0.2, 0.25) is 0 Å². The van der Waals surface area contributed by atoms with Crippen LogP contribution in [-0.2, 0) is 6.54 Å². The number of nitrogens with zero attached hydrogens (tertiary/aromatic N) is 1. The topological polar surface area (TPSA) is 36.1 Å². The van der Waals surface area contributed by atoms with Crippen LogP contribution < -0.4 is 5.56 Å². The molecule has 1 saturated heterocycles. The Bertz CT molecular complexity index is 742. The highest BCUT2D eigenvalue weighted by Crippen LogP contribution is 2.48. The van der Waals surface area contributed by atoms with Gasteiger partial charge in [-0.05, 0) is 62.2 Å². The fourth-order valence-corrected chi connectivity index (χ4v) is 3.79. The zero-order valence-electron chi connectivity index (χ0n) is 12.6. The number of pyridine rings is 1. The van der Waals surface area contributed by atoms with Crippen LogP contribution in [0, 0.1) is 6.92 Å². The summed E-state index contributed by atoms with van der Waals surface area (Å²) in [6.07, 6.45) is 6.57. The van der Waals surface area contributed by atoms with Crippen molar-refractivity contribution in [2.75, 3.05) is 6.54 Å². The van der Waals surface area contributed by atoms with Gasteiger partial charge in [-0.1, -0.05) is 18.6 Å². The zero-order valence-corrected chi connectivity index (χ0v) is 12.6. The lowest BCUT2D eigenvalue weighted by Gasteiger charge is -2.36. The Morgan fingerprint density at radius 2 is 2.05 bits per heavy atom. The minimum Gasteiger partial charge on any atom is -0.322 e. The van der Waals surface area contributed by atoms with Crippen molar-refractivity contribution in [3.05, 3.63) is 45.7 Å². The number of nitrogens with one attached hydrogen (secondary N) is 1. The molecule has 0 atom stereocenters. The second kappa shape index (κ2) is 4.70. The summed E-state index contributed by atoms with van der Waals surface area (Å²) < 4.78 is 0. The molecule has 0 amide bonds. The third-order valence-corrected chi connectivity index (χ3v) is 5.26. The maximum absolute atomic E-state index is 12.4. The van der Waals surface area contributed by atoms with Gasteiger partial charge in [0.25, 0.3) is 5.56 Å². The van der Waals surface area contributed by atoms with Crippen LogP contribution in [0.3, 0.4) is 0 Å². The maximum atomic E-state index is 12.4. The summed E-state index contributed by atoms with van der Waals surface area (Å²) in [5.74, 6) is 0. The first-order valence-electron chi connectivity index (χ1n) is 8.04. The van der Waals surface area contributed by atoms with Gasteiger partial charge < -0.3 is 4.98 Å². The first kappa shape index (κ1) is 13.1. The summed E-state index contributed by atoms with van der Waals surface area (Å²) in [6.45, 7) is 4.00. The predicted molar refractivity (Wildman–Crippen MR) is 85.5 cm³/mol. The second-order valence-corrected chi connectivity index (χ2v) is 6.82. The lowest BCUT2D eigenvalue weighted by Crippen LogP contribution is -2.41. The number of aryl methyl sites for hydroxylation is 1. The number of H-pyrrole nitrogens is 1. The number of fused-ring (bicyclic) bond motifs is 1. The summed E-state index contributed by atoms with van der Waals surface area (Å²) in [5, 5.41) is 1.14. The molecule has 2 heterocycles. The molecule has 1 aliphatic carbocycles. The molecule has 110 valence electrons. The summed E-state index contributed by atoms with van der Waals surface area (Å²) in [4.78, 5) is 18.0. The van der Waals surface area contributed by atoms with Crippen LogP contribution in [0.25, 0.3) is 10.9 Å². The van der Waals surface area contributed by atoms with E-state index in [4.69, 9.17) is 0 Å². The van der Waals surface area contributed by atoms with E-state index in [2.05, 4.69) is 35.0 Å². The highest BCUT2D eigenvalue weighted by molar-refractivity contribution is 5.79. The van der Waals surface area contributed by atoms with Gasteiger partial charge in [0.2, 0.25) is 0 Å². The normalized spacial score (nSPS) is 21.0. The lowest BCUT2D eigenvalue weighted by molar-refractivity contribution is 0.120. The fourth-order valence-electron chi connectivity index (χ4n) is 3.79. The molecule has 3 nitrogen and oxygen atoms in total. The number of benzene rings is 1. The summed E-state index contributed by atoms with van der Waals surface area (Å²) >= 11 is 0. The molecule has 0 bridgehead atoms. The van der Waals surface area contributed by atoms with Crippen molar-refractivity contribution in [2.45, 2.75) is 51.1 Å². The van der Waals surface area contributed by atoms with E-state index in [0.717, 1.165) is 29.6 Å². The minimum absolute atomic E-state index is 0.0782. The van der Waals surface area contributed by atoms with Gasteiger partial charge in [-0.2, -0.15) is 0 Å². The first-order valence-corrected chi connectivity index (χ1v) is 8.04. The standard InChI is InChI=1S/C18H22N2O/c1-13-4-5-14-11-15(17(21)19-16(14)10-13)12-20-9-3-2-6-18(20)7-8-18/h4-5,10-11H,2-3,6-9,12H2,1H3,(H,19,21). The molecular weight excluding hydrogens is 260 g/mol. The van der Waals surface area contributed by atoms with Crippen LogP contribution in [0.15, 0.2) is 29.1 Å². The van der Waals surface area contributed by atoms with Crippen molar-refractivity contribution < 1.29 is 0 Å². The Hall–Kier alpha value is -1.61. The molecular formula is C18H22N2O. The van der Waals surface area contributed by atoms with Gasteiger partial charge in [0, 0.05) is 23.2 Å². The van der Waals surface area contributed by atoms with Gasteiger partial charge in [0.05, 0.1) is 0 Å². The Kier molecular flexibility index (Phi) is 2.93. The highest BCUT2D eigenvalue weighted by atomic mass is 16.1. The number of aromatic amines is 1. The van der Waals surface area contributed by atoms with Crippen molar-refractivity contribution >= 4 is 10.9 Å². The van der Waals surface area contributed by atoms with Crippen LogP contribution in [0.1, 0.15) is 43.2 Å². The van der Waals surface area contributed by atoms with Crippen molar-refractivity contribution in [1.29, 1.82) is 0 Å². The molecule has 4 rings (SSSR count). The number of rotatable bonds is 2. The van der Waals surface area contributed by atoms with E-state index in [1.807, 2.05) is 6.07 Å². The third kappa shape index (κ3) is 2.30. The van der Waals surface area contributed by atoms with Crippen molar-refractivity contribution in [3.8, 4) is 0 Å². The van der Waals surface area contributed by atoms with Gasteiger partial charge >= 0.3 is 0 Å². The summed E-state index contributed by atoms with van der Waals surface area (Å²) in [6, 6.07) is 8.34. The molecule has 1 aromatic heterocycles. The van der Waals surface area contributed by atoms with Crippen molar-refractivity contribution in [3.63, 3.8) is 0 Å². The highest BCUT2D eigenvalue weighted by Gasteiger charge is 2.48. The van der Waals surface area contributed by atoms with Crippen LogP contribution in [0.4, 0.5) is 0 Å². The SMILES string of the molecule is Cc1ccc2cc(CN3CCCCC34CC4)c(=O)[nH]c2c1. The van der Waals surface area contributed by atoms with Crippen LogP contribution in [-0.4, -0.2) is 22.0 Å². The first-order chi connectivity index (χ1) is 10.2. The minimum atomic E-state index is 0.0782. The van der Waals surface area contributed by atoms with E-state index in [1.165, 1.54) is 37.7 Å². The maximum Gasteiger partial charge on any atom is 0.252 e. The van der Waals surface area contributed by atoms with Crippen molar-refractivity contribution in [1.82, 2.24) is 9.88 Å². The average Bonchev–Trinajstić information content (AvgIpc) is 3.23. The molecule has 1 spiro atoms. The predicted octanol–water partition coefficient (Wildman–Crippen LogP) is 3.36. The quantitative estimate of drug-likeness (QED) is 0.917. The molecule has 2 fully saturated rings. The Morgan fingerprint density at radius 1 is 1.19 bits per heavy atom. The van der Waals surface area contributed by atoms with Gasteiger partial charge in [-0.25, -0.2) is 0 Å². The molecule has 1 N–H and O–H groups in total. The smallest absolute Gasteiger partial charge is 0.252 e. The largest absolute Gasteiger partial charge is 0.322 e. The number of aromatic nitrogens is 1. The van der Waals surface area contributed by atoms with Gasteiger partial charge in [-0.3, -0.25) is 9.69 Å². The van der Waals surface area contributed by atoms with Crippen LogP contribution in [0.5, 0.6) is 0 Å². The summed E-state index contributed by atoms with van der Waals surface area (Å²) in [5.41, 5.74) is 3.56. The molecule has 3 heteroatoms. The molecule has 1 saturated carbocycles. The Labute approximate surface area is 125 Å². The molecule has 2 aliphatic rings. The zero-order chi connectivity index (χ0) is 14.4. The van der Waals surface area contributed by atoms with E-state index in [-0.39, 0.29) is 5.56 Å². The number of piperidine rings is 1. The average molecular weight is 282 g/mol. The van der Waals surface area contributed by atoms with E-state index in [0.29, 0.717) is 5.54 Å². The van der Waals surface area contributed by atoms with E-state index in [1.54, 1.807) is 0 Å². The van der Waals surface area contributed by atoms with E-state index >= 15 is 0 Å². The Morgan fingerprint density at radius 3 is 2.86 bits per heavy atom. The second-order valence-electron chi connectivity index (χ2n) is 6.82. The third-order valence-electron chi connectivity index (χ3n) is 5.26. The van der Waals surface area contributed by atoms with Gasteiger partial charge in [-0.15, -0.1) is 0 Å². The monoisotopic (exact) mass is 282 g/mol. The fraction of sp³-hybridized carbons (Fsp3) is 0.500. The van der Waals surface area contributed by atoms with E-state index < -0.39 is 0 Å². The number of hydrogen-bond acceptors (Lipinski definition) is 2. The van der Waals surface area contributed by atoms with Gasteiger partial charge in [0.15, 0.2) is 0 Å². The summed E-state index contributed by atoms with van der Waals surface area (Å²) in [7, 11) is 0. The molecule has 2 aromatic rings. The van der Waals surface area contributed by atoms with Gasteiger partial charge in [0.1, 0.15) is 0 Å². The Balaban J connectivity index is 1.68. The lowest BCUT2D eigenvalue weighted by atomic mass is 9.99. The molecule has 21 heavy (non-hydrogen) atoms.